The number of anilines is 1. The van der Waals surface area contributed by atoms with Crippen molar-refractivity contribution in [3.63, 3.8) is 0 Å². The van der Waals surface area contributed by atoms with Crippen molar-refractivity contribution in [2.45, 2.75) is 39.7 Å². The molecule has 0 aliphatic heterocycles. The van der Waals surface area contributed by atoms with Crippen LogP contribution < -0.4 is 16.4 Å². The summed E-state index contributed by atoms with van der Waals surface area (Å²) in [5, 5.41) is 5.64. The summed E-state index contributed by atoms with van der Waals surface area (Å²) in [5.74, 6) is -0.0272. The van der Waals surface area contributed by atoms with Crippen molar-refractivity contribution >= 4 is 17.5 Å². The van der Waals surface area contributed by atoms with E-state index in [-0.39, 0.29) is 23.8 Å². The summed E-state index contributed by atoms with van der Waals surface area (Å²) in [6.45, 7) is 6.32. The van der Waals surface area contributed by atoms with Crippen LogP contribution in [0.1, 0.15) is 44.0 Å². The van der Waals surface area contributed by atoms with E-state index < -0.39 is 0 Å². The minimum atomic E-state index is -0.144. The predicted molar refractivity (Wildman–Crippen MR) is 85.1 cm³/mol. The Bertz CT molecular complexity index is 482. The van der Waals surface area contributed by atoms with Crippen LogP contribution in [0.4, 0.5) is 5.69 Å². The molecule has 5 heteroatoms. The topological polar surface area (TPSA) is 84.2 Å². The Hall–Kier alpha value is -1.88. The number of hydrogen-bond donors (Lipinski definition) is 3. The van der Waals surface area contributed by atoms with Gasteiger partial charge in [-0.3, -0.25) is 9.59 Å². The average molecular weight is 291 g/mol. The summed E-state index contributed by atoms with van der Waals surface area (Å²) in [4.78, 5) is 23.9. The van der Waals surface area contributed by atoms with E-state index in [0.29, 0.717) is 24.2 Å². The zero-order valence-electron chi connectivity index (χ0n) is 13.0. The third-order valence-electron chi connectivity index (χ3n) is 3.21. The first kappa shape index (κ1) is 17.2. The maximum atomic E-state index is 11.9. The first-order chi connectivity index (χ1) is 9.96. The molecule has 1 aromatic carbocycles. The molecule has 116 valence electrons. The van der Waals surface area contributed by atoms with Crippen LogP contribution in [0.5, 0.6) is 0 Å². The highest BCUT2D eigenvalue weighted by Gasteiger charge is 2.12. The third-order valence-corrected chi connectivity index (χ3v) is 3.21. The van der Waals surface area contributed by atoms with Gasteiger partial charge in [-0.1, -0.05) is 19.4 Å². The van der Waals surface area contributed by atoms with Gasteiger partial charge in [0, 0.05) is 23.7 Å². The molecule has 0 bridgehead atoms. The van der Waals surface area contributed by atoms with Crippen molar-refractivity contribution in [1.82, 2.24) is 5.32 Å². The molecule has 0 aliphatic rings. The summed E-state index contributed by atoms with van der Waals surface area (Å²) >= 11 is 0. The summed E-state index contributed by atoms with van der Waals surface area (Å²) in [7, 11) is 0. The molecular formula is C16H25N3O2. The number of rotatable bonds is 7. The molecule has 2 amide bonds. The van der Waals surface area contributed by atoms with Gasteiger partial charge < -0.3 is 16.4 Å². The predicted octanol–water partition coefficient (Wildman–Crippen LogP) is 2.14. The van der Waals surface area contributed by atoms with Crippen molar-refractivity contribution in [3.8, 4) is 0 Å². The van der Waals surface area contributed by atoms with Crippen molar-refractivity contribution in [2.75, 3.05) is 11.9 Å². The molecule has 1 aromatic rings. The van der Waals surface area contributed by atoms with E-state index in [9.17, 15) is 9.59 Å². The van der Waals surface area contributed by atoms with E-state index in [0.717, 1.165) is 6.42 Å². The number of nitrogens with two attached hydrogens (primary N) is 1. The molecule has 0 heterocycles. The lowest BCUT2D eigenvalue weighted by atomic mass is 10.0. The minimum Gasteiger partial charge on any atom is -0.350 e. The largest absolute Gasteiger partial charge is 0.350 e. The van der Waals surface area contributed by atoms with Gasteiger partial charge in [-0.05, 0) is 44.5 Å². The summed E-state index contributed by atoms with van der Waals surface area (Å²) in [6, 6.07) is 7.00. The quantitative estimate of drug-likeness (QED) is 0.719. The molecule has 0 spiro atoms. The highest BCUT2D eigenvalue weighted by molar-refractivity contribution is 5.97. The molecule has 0 saturated heterocycles. The van der Waals surface area contributed by atoms with Gasteiger partial charge in [0.15, 0.2) is 0 Å². The fourth-order valence-electron chi connectivity index (χ4n) is 1.95. The Morgan fingerprint density at radius 2 is 2.00 bits per heavy atom. The van der Waals surface area contributed by atoms with Crippen LogP contribution in [0.15, 0.2) is 24.3 Å². The van der Waals surface area contributed by atoms with Gasteiger partial charge in [-0.2, -0.15) is 0 Å². The first-order valence-electron chi connectivity index (χ1n) is 7.37. The van der Waals surface area contributed by atoms with Crippen LogP contribution >= 0.6 is 0 Å². The normalized spacial score (nSPS) is 12.0. The molecule has 4 N–H and O–H groups in total. The van der Waals surface area contributed by atoms with E-state index in [4.69, 9.17) is 5.73 Å². The van der Waals surface area contributed by atoms with E-state index in [2.05, 4.69) is 10.6 Å². The van der Waals surface area contributed by atoms with Gasteiger partial charge in [-0.15, -0.1) is 0 Å². The van der Waals surface area contributed by atoms with Gasteiger partial charge in [0.25, 0.3) is 5.91 Å². The SMILES string of the molecule is CCC(CN)CC(=O)Nc1cccc(C(=O)NC(C)C)c1. The smallest absolute Gasteiger partial charge is 0.251 e. The molecule has 1 unspecified atom stereocenters. The maximum absolute atomic E-state index is 11.9. The van der Waals surface area contributed by atoms with Crippen LogP contribution in [0.2, 0.25) is 0 Å². The Balaban J connectivity index is 2.68. The molecule has 1 rings (SSSR count). The van der Waals surface area contributed by atoms with E-state index in [1.54, 1.807) is 24.3 Å². The van der Waals surface area contributed by atoms with Gasteiger partial charge in [0.05, 0.1) is 0 Å². The van der Waals surface area contributed by atoms with E-state index in [1.165, 1.54) is 0 Å². The van der Waals surface area contributed by atoms with Gasteiger partial charge in [0.2, 0.25) is 5.91 Å². The van der Waals surface area contributed by atoms with Crippen LogP contribution in [-0.4, -0.2) is 24.4 Å². The molecule has 0 radical (unpaired) electrons. The lowest BCUT2D eigenvalue weighted by molar-refractivity contribution is -0.117. The lowest BCUT2D eigenvalue weighted by Gasteiger charge is -2.13. The van der Waals surface area contributed by atoms with Crippen molar-refractivity contribution in [2.24, 2.45) is 11.7 Å². The van der Waals surface area contributed by atoms with Crippen molar-refractivity contribution in [1.29, 1.82) is 0 Å². The Morgan fingerprint density at radius 3 is 2.57 bits per heavy atom. The van der Waals surface area contributed by atoms with E-state index >= 15 is 0 Å². The van der Waals surface area contributed by atoms with Gasteiger partial charge in [-0.25, -0.2) is 0 Å². The molecule has 0 saturated carbocycles. The number of hydrogen-bond acceptors (Lipinski definition) is 3. The van der Waals surface area contributed by atoms with Crippen molar-refractivity contribution < 1.29 is 9.59 Å². The van der Waals surface area contributed by atoms with E-state index in [1.807, 2.05) is 20.8 Å². The number of benzene rings is 1. The second kappa shape index (κ2) is 8.42. The van der Waals surface area contributed by atoms with Crippen LogP contribution in [0, 0.1) is 5.92 Å². The Labute approximate surface area is 126 Å². The average Bonchev–Trinajstić information content (AvgIpc) is 2.44. The number of carbonyl (C=O) groups is 2. The molecule has 1 atom stereocenters. The summed E-state index contributed by atoms with van der Waals surface area (Å²) in [5.41, 5.74) is 6.76. The molecule has 21 heavy (non-hydrogen) atoms. The Morgan fingerprint density at radius 1 is 1.29 bits per heavy atom. The van der Waals surface area contributed by atoms with Crippen LogP contribution in [0.3, 0.4) is 0 Å². The third kappa shape index (κ3) is 5.95. The monoisotopic (exact) mass is 291 g/mol. The Kier molecular flexibility index (Phi) is 6.88. The molecule has 5 nitrogen and oxygen atoms in total. The first-order valence-corrected chi connectivity index (χ1v) is 7.37. The fraction of sp³-hybridized carbons (Fsp3) is 0.500. The second-order valence-corrected chi connectivity index (χ2v) is 5.47. The fourth-order valence-corrected chi connectivity index (χ4v) is 1.95. The molecular weight excluding hydrogens is 266 g/mol. The molecule has 0 fully saturated rings. The number of carbonyl (C=O) groups excluding carboxylic acids is 2. The second-order valence-electron chi connectivity index (χ2n) is 5.47. The number of nitrogens with one attached hydrogen (secondary N) is 2. The minimum absolute atomic E-state index is 0.0746. The maximum Gasteiger partial charge on any atom is 0.251 e. The summed E-state index contributed by atoms with van der Waals surface area (Å²) in [6.07, 6.45) is 1.27. The molecule has 0 aliphatic carbocycles. The highest BCUT2D eigenvalue weighted by atomic mass is 16.2. The van der Waals surface area contributed by atoms with Gasteiger partial charge >= 0.3 is 0 Å². The lowest BCUT2D eigenvalue weighted by Crippen LogP contribution is -2.30. The zero-order valence-corrected chi connectivity index (χ0v) is 13.0. The zero-order chi connectivity index (χ0) is 15.8. The number of amides is 2. The van der Waals surface area contributed by atoms with Crippen molar-refractivity contribution in [3.05, 3.63) is 29.8 Å². The van der Waals surface area contributed by atoms with Crippen LogP contribution in [0.25, 0.3) is 0 Å². The van der Waals surface area contributed by atoms with Gasteiger partial charge in [0.1, 0.15) is 0 Å². The van der Waals surface area contributed by atoms with Crippen LogP contribution in [-0.2, 0) is 4.79 Å². The summed E-state index contributed by atoms with van der Waals surface area (Å²) < 4.78 is 0. The highest BCUT2D eigenvalue weighted by Crippen LogP contribution is 2.13. The standard InChI is InChI=1S/C16H25N3O2/c1-4-12(10-17)8-15(20)19-14-7-5-6-13(9-14)16(21)18-11(2)3/h5-7,9,11-12H,4,8,10,17H2,1-3H3,(H,18,21)(H,19,20). The molecule has 0 aromatic heterocycles.